The van der Waals surface area contributed by atoms with Crippen LogP contribution in [0.5, 0.6) is 5.75 Å². The molecule has 4 rings (SSSR count). The average molecular weight is 366 g/mol. The molecule has 1 aromatic heterocycles. The molecule has 1 aliphatic heterocycles. The van der Waals surface area contributed by atoms with Crippen molar-refractivity contribution < 1.29 is 13.9 Å². The Balaban J connectivity index is 1.64. The Bertz CT molecular complexity index is 993. The van der Waals surface area contributed by atoms with Crippen LogP contribution < -0.4 is 14.5 Å². The number of anilines is 2. The van der Waals surface area contributed by atoms with Crippen LogP contribution in [0.25, 0.3) is 11.0 Å². The number of hydrogen-bond acceptors (Lipinski definition) is 5. The van der Waals surface area contributed by atoms with E-state index in [0.717, 1.165) is 11.0 Å². The van der Waals surface area contributed by atoms with Gasteiger partial charge in [0.05, 0.1) is 11.0 Å². The SMILES string of the molecule is CC(Oc1ccc(F)cc1)C(=O)N1CCN(C)c2nc3ccccc3nc21. The number of carbonyl (C=O) groups is 1. The molecule has 0 bridgehead atoms. The van der Waals surface area contributed by atoms with Crippen molar-refractivity contribution in [3.8, 4) is 5.75 Å². The molecule has 0 saturated heterocycles. The molecule has 0 radical (unpaired) electrons. The first-order valence-electron chi connectivity index (χ1n) is 8.74. The monoisotopic (exact) mass is 366 g/mol. The predicted octanol–water partition coefficient (Wildman–Crippen LogP) is 3.02. The number of para-hydroxylation sites is 2. The molecule has 0 N–H and O–H groups in total. The van der Waals surface area contributed by atoms with Gasteiger partial charge in [0.2, 0.25) is 0 Å². The van der Waals surface area contributed by atoms with Crippen LogP contribution in [0.4, 0.5) is 16.0 Å². The molecular weight excluding hydrogens is 347 g/mol. The van der Waals surface area contributed by atoms with Gasteiger partial charge >= 0.3 is 0 Å². The number of ether oxygens (including phenoxy) is 1. The van der Waals surface area contributed by atoms with E-state index in [0.29, 0.717) is 30.5 Å². The lowest BCUT2D eigenvalue weighted by molar-refractivity contribution is -0.124. The zero-order valence-corrected chi connectivity index (χ0v) is 15.1. The van der Waals surface area contributed by atoms with E-state index in [-0.39, 0.29) is 11.7 Å². The molecule has 2 heterocycles. The minimum Gasteiger partial charge on any atom is -0.481 e. The summed E-state index contributed by atoms with van der Waals surface area (Å²) in [6, 6.07) is 13.2. The number of nitrogens with zero attached hydrogens (tertiary/aromatic N) is 4. The van der Waals surface area contributed by atoms with Crippen molar-refractivity contribution in [3.05, 3.63) is 54.3 Å². The smallest absolute Gasteiger partial charge is 0.269 e. The number of halogens is 1. The molecule has 6 nitrogen and oxygen atoms in total. The lowest BCUT2D eigenvalue weighted by Gasteiger charge is -2.34. The number of aromatic nitrogens is 2. The van der Waals surface area contributed by atoms with Crippen molar-refractivity contribution in [1.82, 2.24) is 9.97 Å². The maximum atomic E-state index is 13.1. The largest absolute Gasteiger partial charge is 0.481 e. The van der Waals surface area contributed by atoms with Gasteiger partial charge in [-0.2, -0.15) is 0 Å². The van der Waals surface area contributed by atoms with Gasteiger partial charge in [-0.3, -0.25) is 9.69 Å². The van der Waals surface area contributed by atoms with Gasteiger partial charge < -0.3 is 9.64 Å². The van der Waals surface area contributed by atoms with Crippen LogP contribution in [0.2, 0.25) is 0 Å². The standard InChI is InChI=1S/C20H19FN4O2/c1-13(27-15-9-7-14(21)8-10-15)20(26)25-12-11-24(2)18-19(25)23-17-6-4-3-5-16(17)22-18/h3-10,13H,11-12H2,1-2H3. The van der Waals surface area contributed by atoms with Crippen LogP contribution in [-0.2, 0) is 4.79 Å². The molecule has 27 heavy (non-hydrogen) atoms. The van der Waals surface area contributed by atoms with Gasteiger partial charge in [0.15, 0.2) is 17.7 Å². The minimum absolute atomic E-state index is 0.210. The minimum atomic E-state index is -0.736. The van der Waals surface area contributed by atoms with E-state index in [1.165, 1.54) is 24.3 Å². The fourth-order valence-electron chi connectivity index (χ4n) is 3.08. The number of hydrogen-bond donors (Lipinski definition) is 0. The second kappa shape index (κ2) is 6.83. The Hall–Kier alpha value is -3.22. The van der Waals surface area contributed by atoms with E-state index in [9.17, 15) is 9.18 Å². The van der Waals surface area contributed by atoms with Gasteiger partial charge in [0, 0.05) is 20.1 Å². The molecule has 1 unspecified atom stereocenters. The third kappa shape index (κ3) is 3.28. The molecule has 0 fully saturated rings. The van der Waals surface area contributed by atoms with Crippen molar-refractivity contribution in [3.63, 3.8) is 0 Å². The van der Waals surface area contributed by atoms with Crippen molar-refractivity contribution in [1.29, 1.82) is 0 Å². The third-order valence-corrected chi connectivity index (χ3v) is 4.55. The molecule has 1 aliphatic rings. The Kier molecular flexibility index (Phi) is 4.35. The van der Waals surface area contributed by atoms with E-state index >= 15 is 0 Å². The number of likely N-dealkylation sites (N-methyl/N-ethyl adjacent to an activating group) is 1. The number of fused-ring (bicyclic) bond motifs is 2. The molecule has 2 aromatic carbocycles. The van der Waals surface area contributed by atoms with Gasteiger partial charge in [-0.1, -0.05) is 12.1 Å². The lowest BCUT2D eigenvalue weighted by atomic mass is 10.2. The van der Waals surface area contributed by atoms with Crippen LogP contribution >= 0.6 is 0 Å². The molecule has 3 aromatic rings. The van der Waals surface area contributed by atoms with Crippen molar-refractivity contribution in [2.45, 2.75) is 13.0 Å². The summed E-state index contributed by atoms with van der Waals surface area (Å²) >= 11 is 0. The summed E-state index contributed by atoms with van der Waals surface area (Å²) < 4.78 is 18.7. The highest BCUT2D eigenvalue weighted by atomic mass is 19.1. The average Bonchev–Trinajstić information content (AvgIpc) is 2.68. The topological polar surface area (TPSA) is 58.6 Å². The highest BCUT2D eigenvalue weighted by Gasteiger charge is 2.31. The molecular formula is C20H19FN4O2. The first kappa shape index (κ1) is 17.2. The van der Waals surface area contributed by atoms with Crippen molar-refractivity contribution in [2.75, 3.05) is 29.9 Å². The summed E-state index contributed by atoms with van der Waals surface area (Å²) in [5, 5.41) is 0. The van der Waals surface area contributed by atoms with E-state index in [4.69, 9.17) is 4.74 Å². The maximum Gasteiger partial charge on any atom is 0.269 e. The Morgan fingerprint density at radius 1 is 1.04 bits per heavy atom. The van der Waals surface area contributed by atoms with Crippen molar-refractivity contribution >= 4 is 28.6 Å². The quantitative estimate of drug-likeness (QED) is 0.713. The first-order chi connectivity index (χ1) is 13.0. The number of carbonyl (C=O) groups excluding carboxylic acids is 1. The second-order valence-electron chi connectivity index (χ2n) is 6.48. The number of benzene rings is 2. The van der Waals surface area contributed by atoms with Crippen LogP contribution in [0.15, 0.2) is 48.5 Å². The molecule has 1 atom stereocenters. The molecule has 1 amide bonds. The molecule has 0 spiro atoms. The number of rotatable bonds is 3. The highest BCUT2D eigenvalue weighted by molar-refractivity contribution is 5.99. The van der Waals surface area contributed by atoms with Gasteiger partial charge in [0.1, 0.15) is 11.6 Å². The highest BCUT2D eigenvalue weighted by Crippen LogP contribution is 2.31. The second-order valence-corrected chi connectivity index (χ2v) is 6.48. The van der Waals surface area contributed by atoms with Gasteiger partial charge in [-0.25, -0.2) is 14.4 Å². The number of amides is 1. The van der Waals surface area contributed by atoms with Crippen LogP contribution in [0.3, 0.4) is 0 Å². The van der Waals surface area contributed by atoms with Gasteiger partial charge in [-0.15, -0.1) is 0 Å². The van der Waals surface area contributed by atoms with Crippen LogP contribution in [0.1, 0.15) is 6.92 Å². The fourth-order valence-corrected chi connectivity index (χ4v) is 3.08. The summed E-state index contributed by atoms with van der Waals surface area (Å²) in [7, 11) is 1.93. The van der Waals surface area contributed by atoms with Crippen LogP contribution in [0, 0.1) is 5.82 Å². The van der Waals surface area contributed by atoms with Gasteiger partial charge in [0.25, 0.3) is 5.91 Å². The molecule has 0 saturated carbocycles. The molecule has 138 valence electrons. The zero-order valence-electron chi connectivity index (χ0n) is 15.1. The Morgan fingerprint density at radius 3 is 2.33 bits per heavy atom. The third-order valence-electron chi connectivity index (χ3n) is 4.55. The van der Waals surface area contributed by atoms with Crippen molar-refractivity contribution in [2.24, 2.45) is 0 Å². The van der Waals surface area contributed by atoms with E-state index in [1.54, 1.807) is 11.8 Å². The Morgan fingerprint density at radius 2 is 1.67 bits per heavy atom. The summed E-state index contributed by atoms with van der Waals surface area (Å²) in [6.07, 6.45) is -0.736. The zero-order chi connectivity index (χ0) is 19.0. The lowest BCUT2D eigenvalue weighted by Crippen LogP contribution is -2.48. The maximum absolute atomic E-state index is 13.1. The van der Waals surface area contributed by atoms with Crippen LogP contribution in [-0.4, -0.2) is 42.1 Å². The molecule has 7 heteroatoms. The summed E-state index contributed by atoms with van der Waals surface area (Å²) in [4.78, 5) is 26.0. The van der Waals surface area contributed by atoms with E-state index in [1.807, 2.05) is 36.2 Å². The predicted molar refractivity (Wildman–Crippen MR) is 102 cm³/mol. The van der Waals surface area contributed by atoms with Gasteiger partial charge in [-0.05, 0) is 43.3 Å². The molecule has 0 aliphatic carbocycles. The van der Waals surface area contributed by atoms with E-state index in [2.05, 4.69) is 9.97 Å². The first-order valence-corrected chi connectivity index (χ1v) is 8.74. The normalized spacial score (nSPS) is 14.8. The Labute approximate surface area is 156 Å². The fraction of sp³-hybridized carbons (Fsp3) is 0.250. The summed E-state index contributed by atoms with van der Waals surface area (Å²) in [5.41, 5.74) is 1.52. The summed E-state index contributed by atoms with van der Waals surface area (Å²) in [5.74, 6) is 1.08. The summed E-state index contributed by atoms with van der Waals surface area (Å²) in [6.45, 7) is 2.82. The van der Waals surface area contributed by atoms with E-state index < -0.39 is 6.10 Å².